The summed E-state index contributed by atoms with van der Waals surface area (Å²) in [6.07, 6.45) is 0. The normalized spacial score (nSPS) is 10.1. The lowest BCUT2D eigenvalue weighted by Gasteiger charge is -2.26. The number of hydrogen-bond acceptors (Lipinski definition) is 2. The molecule has 1 N–H and O–H groups in total. The molecule has 0 spiro atoms. The monoisotopic (exact) mass is 268 g/mol. The van der Waals surface area contributed by atoms with Crippen LogP contribution in [0.2, 0.25) is 0 Å². The van der Waals surface area contributed by atoms with Gasteiger partial charge in [-0.1, -0.05) is 12.1 Å². The fourth-order valence-electron chi connectivity index (χ4n) is 1.65. The van der Waals surface area contributed by atoms with Crippen molar-refractivity contribution in [3.8, 4) is 0 Å². The molecule has 0 atom stereocenters. The van der Waals surface area contributed by atoms with Crippen LogP contribution in [0, 0.1) is 5.82 Å². The van der Waals surface area contributed by atoms with Crippen molar-refractivity contribution in [3.63, 3.8) is 0 Å². The molecule has 1 aromatic rings. The minimum Gasteiger partial charge on any atom is -0.480 e. The van der Waals surface area contributed by atoms with Gasteiger partial charge in [-0.25, -0.2) is 9.18 Å². The van der Waals surface area contributed by atoms with Gasteiger partial charge in [0, 0.05) is 20.1 Å². The molecule has 19 heavy (non-hydrogen) atoms. The summed E-state index contributed by atoms with van der Waals surface area (Å²) in [4.78, 5) is 25.3. The Kier molecular flexibility index (Phi) is 5.29. The molecule has 5 nitrogen and oxygen atoms in total. The third kappa shape index (κ3) is 4.57. The smallest absolute Gasteiger partial charge is 0.323 e. The van der Waals surface area contributed by atoms with E-state index in [-0.39, 0.29) is 18.4 Å². The van der Waals surface area contributed by atoms with Crippen molar-refractivity contribution in [2.75, 3.05) is 20.1 Å². The number of hydrogen-bond donors (Lipinski definition) is 1. The zero-order valence-corrected chi connectivity index (χ0v) is 11.0. The van der Waals surface area contributed by atoms with E-state index in [1.54, 1.807) is 26.1 Å². The van der Waals surface area contributed by atoms with E-state index < -0.39 is 5.97 Å². The first kappa shape index (κ1) is 14.9. The lowest BCUT2D eigenvalue weighted by Crippen LogP contribution is -2.43. The highest BCUT2D eigenvalue weighted by Crippen LogP contribution is 2.07. The lowest BCUT2D eigenvalue weighted by atomic mass is 10.2. The Balaban J connectivity index is 2.65. The molecule has 0 fully saturated rings. The number of nitrogens with zero attached hydrogens (tertiary/aromatic N) is 2. The summed E-state index contributed by atoms with van der Waals surface area (Å²) in [5.74, 6) is -1.39. The van der Waals surface area contributed by atoms with Crippen LogP contribution in [0.1, 0.15) is 12.5 Å². The fraction of sp³-hybridized carbons (Fsp3) is 0.385. The van der Waals surface area contributed by atoms with Crippen LogP contribution in [-0.2, 0) is 11.3 Å². The van der Waals surface area contributed by atoms with Crippen molar-refractivity contribution in [1.82, 2.24) is 9.80 Å². The van der Waals surface area contributed by atoms with Gasteiger partial charge in [0.25, 0.3) is 0 Å². The van der Waals surface area contributed by atoms with Crippen LogP contribution in [0.15, 0.2) is 24.3 Å². The van der Waals surface area contributed by atoms with E-state index in [0.717, 1.165) is 5.56 Å². The molecule has 0 aliphatic heterocycles. The molecule has 0 unspecified atom stereocenters. The zero-order valence-electron chi connectivity index (χ0n) is 11.0. The highest BCUT2D eigenvalue weighted by molar-refractivity contribution is 5.80. The van der Waals surface area contributed by atoms with Gasteiger partial charge in [0.1, 0.15) is 12.4 Å². The van der Waals surface area contributed by atoms with Crippen LogP contribution in [0.4, 0.5) is 9.18 Å². The number of aliphatic carboxylic acids is 1. The third-order valence-corrected chi connectivity index (χ3v) is 2.64. The first-order valence-corrected chi connectivity index (χ1v) is 5.90. The Labute approximate surface area is 111 Å². The summed E-state index contributed by atoms with van der Waals surface area (Å²) in [7, 11) is 1.58. The number of carboxylic acid groups (broad SMARTS) is 1. The Morgan fingerprint density at radius 1 is 1.26 bits per heavy atom. The topological polar surface area (TPSA) is 60.9 Å². The molecule has 0 heterocycles. The Morgan fingerprint density at radius 2 is 1.84 bits per heavy atom. The molecule has 0 bridgehead atoms. The molecular formula is C13H17FN2O3. The fourth-order valence-corrected chi connectivity index (χ4v) is 1.65. The maximum atomic E-state index is 12.8. The number of benzene rings is 1. The van der Waals surface area contributed by atoms with E-state index in [4.69, 9.17) is 5.11 Å². The van der Waals surface area contributed by atoms with Gasteiger partial charge in [0.2, 0.25) is 0 Å². The van der Waals surface area contributed by atoms with Gasteiger partial charge in [-0.3, -0.25) is 4.79 Å². The van der Waals surface area contributed by atoms with Crippen molar-refractivity contribution < 1.29 is 19.1 Å². The van der Waals surface area contributed by atoms with Crippen LogP contribution >= 0.6 is 0 Å². The molecule has 2 amide bonds. The molecule has 0 saturated carbocycles. The predicted octanol–water partition coefficient (Wildman–Crippen LogP) is 1.78. The number of carboxylic acids is 1. The van der Waals surface area contributed by atoms with Crippen molar-refractivity contribution in [3.05, 3.63) is 35.6 Å². The summed E-state index contributed by atoms with van der Waals surface area (Å²) in [5, 5.41) is 8.71. The summed E-state index contributed by atoms with van der Waals surface area (Å²) >= 11 is 0. The van der Waals surface area contributed by atoms with Gasteiger partial charge >= 0.3 is 12.0 Å². The highest BCUT2D eigenvalue weighted by Gasteiger charge is 2.18. The average Bonchev–Trinajstić information content (AvgIpc) is 2.37. The molecular weight excluding hydrogens is 251 g/mol. The Hall–Kier alpha value is -2.11. The van der Waals surface area contributed by atoms with Crippen LogP contribution in [0.5, 0.6) is 0 Å². The molecule has 0 aliphatic rings. The molecule has 6 heteroatoms. The number of urea groups is 1. The van der Waals surface area contributed by atoms with E-state index in [9.17, 15) is 14.0 Å². The number of amides is 2. The van der Waals surface area contributed by atoms with E-state index in [1.165, 1.54) is 21.9 Å². The molecule has 1 aromatic carbocycles. The summed E-state index contributed by atoms with van der Waals surface area (Å²) in [6.45, 7) is 2.00. The molecule has 0 radical (unpaired) electrons. The van der Waals surface area contributed by atoms with Crippen LogP contribution in [-0.4, -0.2) is 47.0 Å². The van der Waals surface area contributed by atoms with E-state index in [0.29, 0.717) is 13.1 Å². The zero-order chi connectivity index (χ0) is 14.4. The van der Waals surface area contributed by atoms with E-state index >= 15 is 0 Å². The van der Waals surface area contributed by atoms with Crippen LogP contribution in [0.3, 0.4) is 0 Å². The number of halogens is 1. The standard InChI is InChI=1S/C13H17FN2O3/c1-3-16(9-12(17)18)13(19)15(2)8-10-4-6-11(14)7-5-10/h4-7H,3,8-9H2,1-2H3,(H,17,18). The Bertz CT molecular complexity index is 448. The summed E-state index contributed by atoms with van der Waals surface area (Å²) in [6, 6.07) is 5.46. The van der Waals surface area contributed by atoms with Gasteiger partial charge in [0.05, 0.1) is 0 Å². The van der Waals surface area contributed by atoms with Crippen LogP contribution < -0.4 is 0 Å². The molecule has 1 rings (SSSR count). The lowest BCUT2D eigenvalue weighted by molar-refractivity contribution is -0.137. The van der Waals surface area contributed by atoms with Crippen molar-refractivity contribution >= 4 is 12.0 Å². The van der Waals surface area contributed by atoms with Gasteiger partial charge < -0.3 is 14.9 Å². The highest BCUT2D eigenvalue weighted by atomic mass is 19.1. The maximum absolute atomic E-state index is 12.8. The van der Waals surface area contributed by atoms with E-state index in [1.807, 2.05) is 0 Å². The van der Waals surface area contributed by atoms with Crippen molar-refractivity contribution in [1.29, 1.82) is 0 Å². The maximum Gasteiger partial charge on any atom is 0.323 e. The van der Waals surface area contributed by atoms with Crippen LogP contribution in [0.25, 0.3) is 0 Å². The number of carbonyl (C=O) groups excluding carboxylic acids is 1. The van der Waals surface area contributed by atoms with E-state index in [2.05, 4.69) is 0 Å². The van der Waals surface area contributed by atoms with Crippen molar-refractivity contribution in [2.24, 2.45) is 0 Å². The van der Waals surface area contributed by atoms with Gasteiger partial charge in [-0.2, -0.15) is 0 Å². The van der Waals surface area contributed by atoms with Gasteiger partial charge in [-0.15, -0.1) is 0 Å². The summed E-state index contributed by atoms with van der Waals surface area (Å²) in [5.41, 5.74) is 0.781. The second-order valence-electron chi connectivity index (χ2n) is 4.17. The summed E-state index contributed by atoms with van der Waals surface area (Å²) < 4.78 is 12.8. The molecule has 0 aliphatic carbocycles. The number of likely N-dealkylation sites (N-methyl/N-ethyl adjacent to an activating group) is 1. The first-order chi connectivity index (χ1) is 8.93. The Morgan fingerprint density at radius 3 is 2.32 bits per heavy atom. The second kappa shape index (κ2) is 6.72. The SMILES string of the molecule is CCN(CC(=O)O)C(=O)N(C)Cc1ccc(F)cc1. The van der Waals surface area contributed by atoms with Gasteiger partial charge in [0.15, 0.2) is 0 Å². The first-order valence-electron chi connectivity index (χ1n) is 5.90. The number of rotatable bonds is 5. The molecule has 0 saturated heterocycles. The quantitative estimate of drug-likeness (QED) is 0.885. The molecule has 104 valence electrons. The van der Waals surface area contributed by atoms with Crippen molar-refractivity contribution in [2.45, 2.75) is 13.5 Å². The number of carbonyl (C=O) groups is 2. The average molecular weight is 268 g/mol. The minimum absolute atomic E-state index is 0.301. The largest absolute Gasteiger partial charge is 0.480 e. The predicted molar refractivity (Wildman–Crippen MR) is 68.1 cm³/mol. The third-order valence-electron chi connectivity index (χ3n) is 2.64. The second-order valence-corrected chi connectivity index (χ2v) is 4.17. The molecule has 0 aromatic heterocycles. The minimum atomic E-state index is -1.05. The van der Waals surface area contributed by atoms with Gasteiger partial charge in [-0.05, 0) is 24.6 Å².